The van der Waals surface area contributed by atoms with Gasteiger partial charge in [-0.15, -0.1) is 0 Å². The van der Waals surface area contributed by atoms with Gasteiger partial charge in [-0.05, 0) is 63.0 Å². The Balaban J connectivity index is 1.03. The van der Waals surface area contributed by atoms with E-state index in [1.54, 1.807) is 12.4 Å². The van der Waals surface area contributed by atoms with E-state index in [9.17, 15) is 4.79 Å². The smallest absolute Gasteiger partial charge is 0.225 e. The lowest BCUT2D eigenvalue weighted by atomic mass is 9.93. The number of amides is 1. The fourth-order valence-electron chi connectivity index (χ4n) is 6.30. The zero-order valence-electron chi connectivity index (χ0n) is 22.4. The van der Waals surface area contributed by atoms with Gasteiger partial charge in [-0.1, -0.05) is 18.2 Å². The van der Waals surface area contributed by atoms with Gasteiger partial charge in [0.25, 0.3) is 0 Å². The SMILES string of the molecule is Nc1ncc(CN2CCC(C(=O)N3CCC(n4c(-c5cc6ccccc6[nH]5)nc5cccnc54)CC3)CC2)cn1. The molecule has 3 N–H and O–H groups in total. The van der Waals surface area contributed by atoms with Gasteiger partial charge in [-0.25, -0.2) is 19.9 Å². The first-order valence-corrected chi connectivity index (χ1v) is 14.1. The molecule has 2 fully saturated rings. The Kier molecular flexibility index (Phi) is 6.39. The molecule has 6 heterocycles. The normalized spacial score (nSPS) is 17.6. The molecule has 10 heteroatoms. The molecule has 7 rings (SSSR count). The van der Waals surface area contributed by atoms with Crippen LogP contribution in [0.15, 0.2) is 61.1 Å². The Morgan fingerprint density at radius 3 is 2.50 bits per heavy atom. The van der Waals surface area contributed by atoms with Gasteiger partial charge in [-0.3, -0.25) is 9.69 Å². The summed E-state index contributed by atoms with van der Waals surface area (Å²) in [4.78, 5) is 39.4. The number of carbonyl (C=O) groups is 1. The maximum absolute atomic E-state index is 13.5. The van der Waals surface area contributed by atoms with Crippen molar-refractivity contribution in [2.45, 2.75) is 38.3 Å². The summed E-state index contributed by atoms with van der Waals surface area (Å²) in [6, 6.07) is 14.6. The fraction of sp³-hybridized carbons (Fsp3) is 0.367. The van der Waals surface area contributed by atoms with E-state index in [-0.39, 0.29) is 12.0 Å². The number of carbonyl (C=O) groups excluding carboxylic acids is 1. The van der Waals surface area contributed by atoms with Crippen LogP contribution in [0.1, 0.15) is 37.3 Å². The van der Waals surface area contributed by atoms with Gasteiger partial charge in [0.15, 0.2) is 11.5 Å². The molecule has 2 saturated heterocycles. The highest BCUT2D eigenvalue weighted by Gasteiger charge is 2.32. The molecule has 204 valence electrons. The minimum absolute atomic E-state index is 0.0909. The number of imidazole rings is 1. The molecule has 4 aromatic heterocycles. The van der Waals surface area contributed by atoms with E-state index in [0.717, 1.165) is 97.6 Å². The summed E-state index contributed by atoms with van der Waals surface area (Å²) in [7, 11) is 0. The Morgan fingerprint density at radius 2 is 1.73 bits per heavy atom. The van der Waals surface area contributed by atoms with Gasteiger partial charge >= 0.3 is 0 Å². The first kappa shape index (κ1) is 24.7. The molecule has 0 saturated carbocycles. The number of nitrogens with zero attached hydrogens (tertiary/aromatic N) is 7. The van der Waals surface area contributed by atoms with Gasteiger partial charge in [-0.2, -0.15) is 0 Å². The minimum Gasteiger partial charge on any atom is -0.368 e. The molecule has 2 aliphatic rings. The summed E-state index contributed by atoms with van der Waals surface area (Å²) in [5.74, 6) is 1.60. The molecule has 0 atom stereocenters. The third kappa shape index (κ3) is 4.68. The third-order valence-electron chi connectivity index (χ3n) is 8.43. The predicted molar refractivity (Wildman–Crippen MR) is 154 cm³/mol. The van der Waals surface area contributed by atoms with E-state index in [2.05, 4.69) is 53.6 Å². The number of hydrogen-bond donors (Lipinski definition) is 2. The predicted octanol–water partition coefficient (Wildman–Crippen LogP) is 4.03. The van der Waals surface area contributed by atoms with Crippen molar-refractivity contribution in [3.05, 3.63) is 66.6 Å². The number of nitrogens with one attached hydrogen (secondary N) is 1. The lowest BCUT2D eigenvalue weighted by Crippen LogP contribution is -2.45. The molecule has 5 aromatic rings. The Labute approximate surface area is 232 Å². The number of H-pyrrole nitrogens is 1. The van der Waals surface area contributed by atoms with Crippen LogP contribution in [-0.4, -0.2) is 71.4 Å². The summed E-state index contributed by atoms with van der Waals surface area (Å²) in [6.45, 7) is 4.10. The quantitative estimate of drug-likeness (QED) is 0.348. The average Bonchev–Trinajstić information content (AvgIpc) is 3.60. The summed E-state index contributed by atoms with van der Waals surface area (Å²) < 4.78 is 2.29. The zero-order chi connectivity index (χ0) is 27.1. The summed E-state index contributed by atoms with van der Waals surface area (Å²) in [6.07, 6.45) is 8.94. The molecule has 0 bridgehead atoms. The van der Waals surface area contributed by atoms with Crippen molar-refractivity contribution in [3.63, 3.8) is 0 Å². The largest absolute Gasteiger partial charge is 0.368 e. The molecule has 10 nitrogen and oxygen atoms in total. The number of para-hydroxylation sites is 1. The molecule has 1 aromatic carbocycles. The molecule has 1 amide bonds. The number of fused-ring (bicyclic) bond motifs is 2. The second-order valence-electron chi connectivity index (χ2n) is 11.0. The fourth-order valence-corrected chi connectivity index (χ4v) is 6.30. The molecular weight excluding hydrogens is 502 g/mol. The van der Waals surface area contributed by atoms with Gasteiger partial charge in [0.1, 0.15) is 5.52 Å². The summed E-state index contributed by atoms with van der Waals surface area (Å²) >= 11 is 0. The molecule has 40 heavy (non-hydrogen) atoms. The standard InChI is InChI=1S/C30H33N9O/c31-30-33-17-20(18-34-30)19-37-12-7-21(8-13-37)29(40)38-14-9-23(10-15-38)39-27-25(6-3-11-32-27)36-28(39)26-16-22-4-1-2-5-24(22)35-26/h1-6,11,16-18,21,23,35H,7-10,12-15,19H2,(H2,31,33,34). The van der Waals surface area contributed by atoms with Gasteiger partial charge in [0.2, 0.25) is 11.9 Å². The number of nitrogens with two attached hydrogens (primary N) is 1. The van der Waals surface area contributed by atoms with Crippen LogP contribution in [0.4, 0.5) is 5.95 Å². The molecule has 0 unspecified atom stereocenters. The molecule has 0 radical (unpaired) electrons. The van der Waals surface area contributed by atoms with Crippen molar-refractivity contribution < 1.29 is 4.79 Å². The molecule has 0 aliphatic carbocycles. The topological polar surface area (TPSA) is 122 Å². The number of anilines is 1. The number of nitrogen functional groups attached to an aromatic ring is 1. The summed E-state index contributed by atoms with van der Waals surface area (Å²) in [5, 5.41) is 1.16. The van der Waals surface area contributed by atoms with Crippen molar-refractivity contribution in [1.82, 2.24) is 39.3 Å². The lowest BCUT2D eigenvalue weighted by Gasteiger charge is -2.37. The second-order valence-corrected chi connectivity index (χ2v) is 11.0. The van der Waals surface area contributed by atoms with Crippen molar-refractivity contribution in [2.24, 2.45) is 5.92 Å². The number of rotatable bonds is 5. The van der Waals surface area contributed by atoms with E-state index in [1.807, 2.05) is 24.4 Å². The van der Waals surface area contributed by atoms with Crippen molar-refractivity contribution in [1.29, 1.82) is 0 Å². The van der Waals surface area contributed by atoms with E-state index in [1.165, 1.54) is 0 Å². The van der Waals surface area contributed by atoms with Crippen LogP contribution >= 0.6 is 0 Å². The number of aromatic amines is 1. The second kappa shape index (κ2) is 10.3. The van der Waals surface area contributed by atoms with Crippen LogP contribution in [0.5, 0.6) is 0 Å². The van der Waals surface area contributed by atoms with Crippen LogP contribution in [0.25, 0.3) is 33.6 Å². The van der Waals surface area contributed by atoms with Crippen LogP contribution < -0.4 is 5.73 Å². The number of aromatic nitrogens is 6. The van der Waals surface area contributed by atoms with Crippen molar-refractivity contribution in [2.75, 3.05) is 31.9 Å². The maximum atomic E-state index is 13.5. The van der Waals surface area contributed by atoms with Crippen LogP contribution in [0.2, 0.25) is 0 Å². The Hall–Kier alpha value is -4.31. The first-order chi connectivity index (χ1) is 19.6. The minimum atomic E-state index is 0.0909. The molecular formula is C30H33N9O. The number of hydrogen-bond acceptors (Lipinski definition) is 7. The monoisotopic (exact) mass is 535 g/mol. The zero-order valence-corrected chi connectivity index (χ0v) is 22.4. The molecule has 2 aliphatic heterocycles. The lowest BCUT2D eigenvalue weighted by molar-refractivity contribution is -0.138. The van der Waals surface area contributed by atoms with Crippen molar-refractivity contribution in [3.8, 4) is 11.5 Å². The van der Waals surface area contributed by atoms with E-state index in [4.69, 9.17) is 15.7 Å². The Morgan fingerprint density at radius 1 is 0.950 bits per heavy atom. The first-order valence-electron chi connectivity index (χ1n) is 14.1. The molecule has 0 spiro atoms. The number of likely N-dealkylation sites (tertiary alicyclic amines) is 2. The number of piperidine rings is 2. The van der Waals surface area contributed by atoms with Gasteiger partial charge in [0, 0.05) is 66.7 Å². The highest BCUT2D eigenvalue weighted by atomic mass is 16.2. The van der Waals surface area contributed by atoms with Crippen LogP contribution in [-0.2, 0) is 11.3 Å². The van der Waals surface area contributed by atoms with Gasteiger partial charge in [0.05, 0.1) is 5.69 Å². The Bertz CT molecular complexity index is 1610. The average molecular weight is 536 g/mol. The number of benzene rings is 1. The highest BCUT2D eigenvalue weighted by Crippen LogP contribution is 2.34. The van der Waals surface area contributed by atoms with E-state index >= 15 is 0 Å². The van der Waals surface area contributed by atoms with Crippen LogP contribution in [0.3, 0.4) is 0 Å². The van der Waals surface area contributed by atoms with Crippen molar-refractivity contribution >= 4 is 33.9 Å². The number of pyridine rings is 1. The highest BCUT2D eigenvalue weighted by molar-refractivity contribution is 5.86. The van der Waals surface area contributed by atoms with E-state index in [0.29, 0.717) is 11.9 Å². The van der Waals surface area contributed by atoms with Gasteiger partial charge < -0.3 is 20.2 Å². The van der Waals surface area contributed by atoms with E-state index < -0.39 is 0 Å². The van der Waals surface area contributed by atoms with Crippen LogP contribution in [0, 0.1) is 5.92 Å². The maximum Gasteiger partial charge on any atom is 0.225 e. The third-order valence-corrected chi connectivity index (χ3v) is 8.43. The summed E-state index contributed by atoms with van der Waals surface area (Å²) in [5.41, 5.74) is 10.5.